The normalized spacial score (nSPS) is 26.1. The number of hydrogen-bond acceptors (Lipinski definition) is 4. The number of aromatic nitrogens is 2. The number of rotatable bonds is 2. The van der Waals surface area contributed by atoms with Gasteiger partial charge in [-0.05, 0) is 44.4 Å². The average molecular weight is 286 g/mol. The van der Waals surface area contributed by atoms with Crippen molar-refractivity contribution in [3.8, 4) is 5.75 Å². The molecular formula is C16H22N4O. The number of hydrogen-bond donors (Lipinski definition) is 1. The second kappa shape index (κ2) is 4.91. The van der Waals surface area contributed by atoms with Gasteiger partial charge >= 0.3 is 0 Å². The molecule has 112 valence electrons. The molecule has 1 aromatic carbocycles. The third-order valence-electron chi connectivity index (χ3n) is 5.08. The molecule has 5 nitrogen and oxygen atoms in total. The predicted octanol–water partition coefficient (Wildman–Crippen LogP) is 2.43. The number of nitrogens with zero attached hydrogens (tertiary/aromatic N) is 3. The minimum Gasteiger partial charge on any atom is -0.497 e. The van der Waals surface area contributed by atoms with Crippen LogP contribution in [0, 0.1) is 0 Å². The van der Waals surface area contributed by atoms with Gasteiger partial charge in [0.25, 0.3) is 0 Å². The van der Waals surface area contributed by atoms with Gasteiger partial charge in [-0.2, -0.15) is 0 Å². The molecule has 0 bridgehead atoms. The van der Waals surface area contributed by atoms with Gasteiger partial charge in [-0.3, -0.25) is 0 Å². The van der Waals surface area contributed by atoms with Crippen molar-refractivity contribution in [3.63, 3.8) is 0 Å². The van der Waals surface area contributed by atoms with Crippen LogP contribution in [0.3, 0.4) is 0 Å². The molecule has 2 aliphatic rings. The van der Waals surface area contributed by atoms with Crippen molar-refractivity contribution in [2.75, 3.05) is 25.9 Å². The van der Waals surface area contributed by atoms with Crippen LogP contribution in [0.5, 0.6) is 5.75 Å². The summed E-state index contributed by atoms with van der Waals surface area (Å²) in [5.41, 5.74) is 8.27. The lowest BCUT2D eigenvalue weighted by Crippen LogP contribution is -2.38. The first-order valence-corrected chi connectivity index (χ1v) is 7.82. The molecule has 0 spiro atoms. The van der Waals surface area contributed by atoms with Crippen LogP contribution in [0.4, 0.5) is 5.95 Å². The summed E-state index contributed by atoms with van der Waals surface area (Å²) in [7, 11) is 1.70. The summed E-state index contributed by atoms with van der Waals surface area (Å²) >= 11 is 0. The molecule has 2 aliphatic heterocycles. The molecule has 0 aliphatic carbocycles. The third kappa shape index (κ3) is 2.07. The number of methoxy groups -OCH3 is 1. The molecule has 2 N–H and O–H groups in total. The maximum atomic E-state index is 6.21. The summed E-state index contributed by atoms with van der Waals surface area (Å²) in [4.78, 5) is 7.15. The lowest BCUT2D eigenvalue weighted by molar-refractivity contribution is 0.158. The Labute approximate surface area is 124 Å². The van der Waals surface area contributed by atoms with E-state index in [4.69, 9.17) is 10.5 Å². The second-order valence-electron chi connectivity index (χ2n) is 6.20. The highest BCUT2D eigenvalue weighted by atomic mass is 16.5. The van der Waals surface area contributed by atoms with Crippen molar-refractivity contribution in [2.45, 2.75) is 37.8 Å². The number of anilines is 1. The summed E-state index contributed by atoms with van der Waals surface area (Å²) in [5.74, 6) is 1.50. The van der Waals surface area contributed by atoms with E-state index in [0.717, 1.165) is 29.2 Å². The van der Waals surface area contributed by atoms with Crippen LogP contribution in [0.15, 0.2) is 18.2 Å². The Bertz CT molecular complexity index is 666. The van der Waals surface area contributed by atoms with E-state index in [1.165, 1.54) is 32.4 Å². The highest BCUT2D eigenvalue weighted by molar-refractivity contribution is 5.80. The van der Waals surface area contributed by atoms with Crippen molar-refractivity contribution < 1.29 is 4.74 Å². The number of piperidine rings is 1. The van der Waals surface area contributed by atoms with Crippen molar-refractivity contribution in [1.29, 1.82) is 0 Å². The van der Waals surface area contributed by atoms with Crippen LogP contribution < -0.4 is 10.5 Å². The lowest BCUT2D eigenvalue weighted by Gasteiger charge is -2.35. The monoisotopic (exact) mass is 286 g/mol. The van der Waals surface area contributed by atoms with Crippen LogP contribution in [0.2, 0.25) is 0 Å². The Hall–Kier alpha value is -1.75. The Morgan fingerprint density at radius 1 is 1.24 bits per heavy atom. The molecule has 0 saturated carbocycles. The van der Waals surface area contributed by atoms with E-state index in [9.17, 15) is 0 Å². The van der Waals surface area contributed by atoms with E-state index in [1.54, 1.807) is 7.11 Å². The van der Waals surface area contributed by atoms with Crippen molar-refractivity contribution in [3.05, 3.63) is 18.2 Å². The number of fused-ring (bicyclic) bond motifs is 2. The third-order valence-corrected chi connectivity index (χ3v) is 5.08. The van der Waals surface area contributed by atoms with E-state index in [2.05, 4.69) is 20.5 Å². The fourth-order valence-corrected chi connectivity index (χ4v) is 4.04. The van der Waals surface area contributed by atoms with Gasteiger partial charge in [0.05, 0.1) is 18.1 Å². The van der Waals surface area contributed by atoms with Gasteiger partial charge in [0, 0.05) is 24.7 Å². The number of nitrogens with two attached hydrogens (primary N) is 1. The molecule has 4 rings (SSSR count). The summed E-state index contributed by atoms with van der Waals surface area (Å²) < 4.78 is 7.58. The van der Waals surface area contributed by atoms with Crippen molar-refractivity contribution in [2.24, 2.45) is 0 Å². The Balaban J connectivity index is 1.73. The average Bonchev–Trinajstić information content (AvgIpc) is 3.08. The summed E-state index contributed by atoms with van der Waals surface area (Å²) in [6, 6.07) is 7.18. The number of imidazole rings is 1. The SMILES string of the molecule is COc1ccc2nc(N)n(C3CCN4CCCC4C3)c2c1. The summed E-state index contributed by atoms with van der Waals surface area (Å²) in [6.45, 7) is 2.45. The topological polar surface area (TPSA) is 56.3 Å². The van der Waals surface area contributed by atoms with E-state index >= 15 is 0 Å². The van der Waals surface area contributed by atoms with Crippen molar-refractivity contribution in [1.82, 2.24) is 14.5 Å². The molecule has 2 aromatic rings. The van der Waals surface area contributed by atoms with E-state index < -0.39 is 0 Å². The van der Waals surface area contributed by atoms with Crippen LogP contribution in [-0.4, -0.2) is 40.7 Å². The summed E-state index contributed by atoms with van der Waals surface area (Å²) in [5, 5.41) is 0. The van der Waals surface area contributed by atoms with Crippen LogP contribution in [0.1, 0.15) is 31.7 Å². The molecule has 3 heterocycles. The van der Waals surface area contributed by atoms with E-state index in [0.29, 0.717) is 12.0 Å². The van der Waals surface area contributed by atoms with Gasteiger partial charge in [-0.25, -0.2) is 4.98 Å². The quantitative estimate of drug-likeness (QED) is 0.921. The lowest BCUT2D eigenvalue weighted by atomic mass is 9.97. The first-order valence-electron chi connectivity index (χ1n) is 7.82. The molecule has 2 atom stereocenters. The first kappa shape index (κ1) is 13.0. The van der Waals surface area contributed by atoms with E-state index in [-0.39, 0.29) is 0 Å². The Morgan fingerprint density at radius 2 is 2.14 bits per heavy atom. The molecule has 0 radical (unpaired) electrons. The fourth-order valence-electron chi connectivity index (χ4n) is 4.04. The standard InChI is InChI=1S/C16H22N4O/c1-21-13-4-5-14-15(10-13)20(16(17)18-14)12-6-8-19-7-2-3-11(19)9-12/h4-5,10-12H,2-3,6-9H2,1H3,(H2,17,18). The predicted molar refractivity (Wildman–Crippen MR) is 83.6 cm³/mol. The molecular weight excluding hydrogens is 264 g/mol. The van der Waals surface area contributed by atoms with Crippen LogP contribution in [0.25, 0.3) is 11.0 Å². The van der Waals surface area contributed by atoms with Gasteiger partial charge < -0.3 is 19.9 Å². The molecule has 21 heavy (non-hydrogen) atoms. The van der Waals surface area contributed by atoms with Gasteiger partial charge in [0.15, 0.2) is 0 Å². The van der Waals surface area contributed by atoms with Crippen LogP contribution in [-0.2, 0) is 0 Å². The zero-order valence-corrected chi connectivity index (χ0v) is 12.5. The maximum Gasteiger partial charge on any atom is 0.201 e. The number of benzene rings is 1. The zero-order chi connectivity index (χ0) is 14.4. The molecule has 0 amide bonds. The molecule has 1 aromatic heterocycles. The number of ether oxygens (including phenoxy) is 1. The van der Waals surface area contributed by atoms with Gasteiger partial charge in [0.2, 0.25) is 5.95 Å². The van der Waals surface area contributed by atoms with Crippen molar-refractivity contribution >= 4 is 17.0 Å². The van der Waals surface area contributed by atoms with Gasteiger partial charge in [-0.1, -0.05) is 0 Å². The minimum atomic E-state index is 0.460. The zero-order valence-electron chi connectivity index (χ0n) is 12.5. The first-order chi connectivity index (χ1) is 10.3. The molecule has 2 saturated heterocycles. The fraction of sp³-hybridized carbons (Fsp3) is 0.562. The highest BCUT2D eigenvalue weighted by Crippen LogP contribution is 2.36. The maximum absolute atomic E-state index is 6.21. The largest absolute Gasteiger partial charge is 0.497 e. The summed E-state index contributed by atoms with van der Waals surface area (Å²) in [6.07, 6.45) is 5.01. The van der Waals surface area contributed by atoms with E-state index in [1.807, 2.05) is 12.1 Å². The van der Waals surface area contributed by atoms with Gasteiger partial charge in [0.1, 0.15) is 5.75 Å². The molecule has 5 heteroatoms. The molecule has 2 fully saturated rings. The Morgan fingerprint density at radius 3 is 3.00 bits per heavy atom. The molecule has 2 unspecified atom stereocenters. The number of nitrogen functional groups attached to an aromatic ring is 1. The smallest absolute Gasteiger partial charge is 0.201 e. The van der Waals surface area contributed by atoms with Gasteiger partial charge in [-0.15, -0.1) is 0 Å². The highest BCUT2D eigenvalue weighted by Gasteiger charge is 2.33. The Kier molecular flexibility index (Phi) is 3.03. The second-order valence-corrected chi connectivity index (χ2v) is 6.20. The van der Waals surface area contributed by atoms with Crippen LogP contribution >= 0.6 is 0 Å². The minimum absolute atomic E-state index is 0.460.